The SMILES string of the molecule is Oc1cc(-c2ccc3c(N4CCC5(CCCN5)CC4)nc(OC[C@@]45CCCN4C[C@H](F)C5)nc3c2)c2c(F)c(F)ccc2c1. The number of ether oxygens (including phenoxy) is 1. The number of hydrogen-bond acceptors (Lipinski definition) is 7. The zero-order valence-corrected chi connectivity index (χ0v) is 24.6. The molecule has 4 saturated heterocycles. The molecular formula is C34H36F3N5O2. The molecule has 8 rings (SSSR count). The maximum Gasteiger partial charge on any atom is 0.319 e. The molecule has 0 saturated carbocycles. The predicted molar refractivity (Wildman–Crippen MR) is 164 cm³/mol. The molecular weight excluding hydrogens is 567 g/mol. The number of rotatable bonds is 5. The lowest BCUT2D eigenvalue weighted by Crippen LogP contribution is -2.50. The monoisotopic (exact) mass is 603 g/mol. The Hall–Kier alpha value is -3.63. The summed E-state index contributed by atoms with van der Waals surface area (Å²) < 4.78 is 50.2. The second-order valence-corrected chi connectivity index (χ2v) is 13.2. The van der Waals surface area contributed by atoms with Crippen LogP contribution < -0.4 is 15.0 Å². The van der Waals surface area contributed by atoms with Gasteiger partial charge in [-0.3, -0.25) is 4.90 Å². The average molecular weight is 604 g/mol. The Morgan fingerprint density at radius 3 is 2.66 bits per heavy atom. The highest BCUT2D eigenvalue weighted by Gasteiger charge is 2.49. The van der Waals surface area contributed by atoms with Gasteiger partial charge >= 0.3 is 6.01 Å². The van der Waals surface area contributed by atoms with Crippen molar-refractivity contribution in [1.29, 1.82) is 0 Å². The van der Waals surface area contributed by atoms with Crippen LogP contribution in [0.2, 0.25) is 0 Å². The van der Waals surface area contributed by atoms with Gasteiger partial charge < -0.3 is 20.1 Å². The molecule has 1 spiro atoms. The van der Waals surface area contributed by atoms with E-state index in [2.05, 4.69) is 15.1 Å². The summed E-state index contributed by atoms with van der Waals surface area (Å²) in [6.45, 7) is 4.36. The molecule has 230 valence electrons. The van der Waals surface area contributed by atoms with E-state index in [1.807, 2.05) is 18.2 Å². The zero-order chi connectivity index (χ0) is 30.1. The third kappa shape index (κ3) is 4.65. The van der Waals surface area contributed by atoms with E-state index >= 15 is 4.39 Å². The van der Waals surface area contributed by atoms with E-state index in [1.54, 1.807) is 0 Å². The molecule has 7 nitrogen and oxygen atoms in total. The van der Waals surface area contributed by atoms with Gasteiger partial charge in [-0.05, 0) is 98.5 Å². The van der Waals surface area contributed by atoms with Gasteiger partial charge in [0, 0.05) is 42.4 Å². The number of benzene rings is 3. The number of aromatic nitrogens is 2. The smallest absolute Gasteiger partial charge is 0.319 e. The van der Waals surface area contributed by atoms with E-state index in [1.165, 1.54) is 31.0 Å². The van der Waals surface area contributed by atoms with Crippen molar-refractivity contribution in [2.75, 3.05) is 44.2 Å². The van der Waals surface area contributed by atoms with Crippen molar-refractivity contribution in [3.8, 4) is 22.9 Å². The van der Waals surface area contributed by atoms with Crippen molar-refractivity contribution < 1.29 is 23.0 Å². The van der Waals surface area contributed by atoms with Gasteiger partial charge in [0.25, 0.3) is 0 Å². The standard InChI is InChI=1S/C34H36F3N5O2/c35-23-18-34(8-2-12-42(34)19-23)20-44-32-39-28-16-21(26-17-24(43)15-22-4-6-27(36)30(37)29(22)26)3-5-25(28)31(40-32)41-13-9-33(10-14-41)7-1-11-38-33/h3-6,15-17,23,38,43H,1-2,7-14,18-20H2/t23-,34+/m1/s1. The minimum atomic E-state index is -0.962. The minimum absolute atomic E-state index is 0.0446. The van der Waals surface area contributed by atoms with Crippen molar-refractivity contribution in [2.24, 2.45) is 0 Å². The van der Waals surface area contributed by atoms with Crippen molar-refractivity contribution in [1.82, 2.24) is 20.2 Å². The maximum absolute atomic E-state index is 15.1. The quantitative estimate of drug-likeness (QED) is 0.285. The highest BCUT2D eigenvalue weighted by molar-refractivity contribution is 6.01. The molecule has 2 atom stereocenters. The van der Waals surface area contributed by atoms with E-state index in [0.29, 0.717) is 41.6 Å². The van der Waals surface area contributed by atoms with Gasteiger partial charge in [0.2, 0.25) is 0 Å². The van der Waals surface area contributed by atoms with Gasteiger partial charge in [0.1, 0.15) is 24.3 Å². The Kier molecular flexibility index (Phi) is 6.64. The highest BCUT2D eigenvalue weighted by atomic mass is 19.2. The van der Waals surface area contributed by atoms with Crippen LogP contribution in [0.1, 0.15) is 44.9 Å². The number of nitrogens with one attached hydrogen (secondary N) is 1. The summed E-state index contributed by atoms with van der Waals surface area (Å²) in [7, 11) is 0. The highest BCUT2D eigenvalue weighted by Crippen LogP contribution is 2.42. The van der Waals surface area contributed by atoms with Crippen LogP contribution in [0.25, 0.3) is 32.8 Å². The number of anilines is 1. The minimum Gasteiger partial charge on any atom is -0.508 e. The summed E-state index contributed by atoms with van der Waals surface area (Å²) in [4.78, 5) is 14.2. The average Bonchev–Trinajstić information content (AvgIpc) is 3.72. The number of nitrogens with zero attached hydrogens (tertiary/aromatic N) is 4. The van der Waals surface area contributed by atoms with Crippen LogP contribution >= 0.6 is 0 Å². The zero-order valence-electron chi connectivity index (χ0n) is 24.6. The molecule has 4 fully saturated rings. The third-order valence-corrected chi connectivity index (χ3v) is 10.5. The summed E-state index contributed by atoms with van der Waals surface area (Å²) in [6.07, 6.45) is 5.91. The van der Waals surface area contributed by atoms with Crippen molar-refractivity contribution in [3.63, 3.8) is 0 Å². The third-order valence-electron chi connectivity index (χ3n) is 10.5. The van der Waals surface area contributed by atoms with Crippen molar-refractivity contribution in [2.45, 2.75) is 62.2 Å². The van der Waals surface area contributed by atoms with E-state index in [4.69, 9.17) is 14.7 Å². The van der Waals surface area contributed by atoms with Gasteiger partial charge in [-0.1, -0.05) is 12.1 Å². The fourth-order valence-corrected chi connectivity index (χ4v) is 8.26. The number of phenolic OH excluding ortho intramolecular Hbond substituents is 1. The Labute approximate surface area is 254 Å². The van der Waals surface area contributed by atoms with Crippen LogP contribution in [0.4, 0.5) is 19.0 Å². The molecule has 1 aromatic heterocycles. The normalized spacial score (nSPS) is 25.0. The van der Waals surface area contributed by atoms with Crippen LogP contribution in [-0.4, -0.2) is 76.6 Å². The first-order valence-electron chi connectivity index (χ1n) is 15.8. The molecule has 44 heavy (non-hydrogen) atoms. The molecule has 2 N–H and O–H groups in total. The summed E-state index contributed by atoms with van der Waals surface area (Å²) >= 11 is 0. The van der Waals surface area contributed by atoms with Gasteiger partial charge in [-0.25, -0.2) is 13.2 Å². The largest absolute Gasteiger partial charge is 0.508 e. The van der Waals surface area contributed by atoms with E-state index < -0.39 is 17.8 Å². The van der Waals surface area contributed by atoms with Crippen molar-refractivity contribution in [3.05, 3.63) is 54.1 Å². The second kappa shape index (κ2) is 10.5. The molecule has 4 aliphatic rings. The molecule has 10 heteroatoms. The van der Waals surface area contributed by atoms with Crippen LogP contribution in [-0.2, 0) is 0 Å². The molecule has 0 aliphatic carbocycles. The van der Waals surface area contributed by atoms with Gasteiger partial charge in [-0.15, -0.1) is 0 Å². The van der Waals surface area contributed by atoms with Gasteiger partial charge in [0.15, 0.2) is 11.6 Å². The topological polar surface area (TPSA) is 73.8 Å². The second-order valence-electron chi connectivity index (χ2n) is 13.2. The summed E-state index contributed by atoms with van der Waals surface area (Å²) in [5, 5.41) is 15.5. The number of aromatic hydroxyl groups is 1. The molecule has 0 amide bonds. The first-order valence-corrected chi connectivity index (χ1v) is 15.8. The lowest BCUT2D eigenvalue weighted by Gasteiger charge is -2.40. The lowest BCUT2D eigenvalue weighted by molar-refractivity contribution is 0.107. The fraction of sp³-hybridized carbons (Fsp3) is 0.471. The van der Waals surface area contributed by atoms with Gasteiger partial charge in [-0.2, -0.15) is 9.97 Å². The molecule has 0 unspecified atom stereocenters. The first-order chi connectivity index (χ1) is 21.3. The van der Waals surface area contributed by atoms with Crippen LogP contribution in [0.3, 0.4) is 0 Å². The van der Waals surface area contributed by atoms with E-state index in [-0.39, 0.29) is 28.2 Å². The number of alkyl halides is 1. The number of halogens is 3. The lowest BCUT2D eigenvalue weighted by atomic mass is 9.86. The number of piperidine rings is 1. The molecule has 4 aromatic rings. The fourth-order valence-electron chi connectivity index (χ4n) is 8.26. The van der Waals surface area contributed by atoms with Crippen LogP contribution in [0.15, 0.2) is 42.5 Å². The summed E-state index contributed by atoms with van der Waals surface area (Å²) in [5.41, 5.74) is 1.41. The first kappa shape index (κ1) is 27.9. The molecule has 0 bridgehead atoms. The number of hydrogen-bond donors (Lipinski definition) is 2. The number of fused-ring (bicyclic) bond motifs is 3. The molecule has 4 aliphatic heterocycles. The Bertz CT molecular complexity index is 1750. The Balaban J connectivity index is 1.20. The van der Waals surface area contributed by atoms with Gasteiger partial charge in [0.05, 0.1) is 11.1 Å². The summed E-state index contributed by atoms with van der Waals surface area (Å²) in [5.74, 6) is -1.18. The number of phenols is 1. The molecule has 3 aromatic carbocycles. The molecule has 5 heterocycles. The van der Waals surface area contributed by atoms with E-state index in [0.717, 1.165) is 69.1 Å². The van der Waals surface area contributed by atoms with Crippen LogP contribution in [0.5, 0.6) is 11.8 Å². The maximum atomic E-state index is 15.1. The van der Waals surface area contributed by atoms with Crippen molar-refractivity contribution >= 4 is 27.5 Å². The predicted octanol–water partition coefficient (Wildman–Crippen LogP) is 6.11. The Morgan fingerprint density at radius 1 is 0.977 bits per heavy atom. The molecule has 0 radical (unpaired) electrons. The summed E-state index contributed by atoms with van der Waals surface area (Å²) in [6, 6.07) is 11.2. The Morgan fingerprint density at radius 2 is 1.84 bits per heavy atom. The van der Waals surface area contributed by atoms with Crippen LogP contribution in [0, 0.1) is 11.6 Å². The van der Waals surface area contributed by atoms with E-state index in [9.17, 15) is 13.9 Å².